The Morgan fingerprint density at radius 2 is 1.94 bits per heavy atom. The fourth-order valence-corrected chi connectivity index (χ4v) is 1.61. The van der Waals surface area contributed by atoms with Crippen molar-refractivity contribution in [2.75, 3.05) is 11.9 Å². The predicted molar refractivity (Wildman–Crippen MR) is 70.7 cm³/mol. The van der Waals surface area contributed by atoms with Gasteiger partial charge in [-0.2, -0.15) is 0 Å². The fraction of sp³-hybridized carbons (Fsp3) is 0.333. The van der Waals surface area contributed by atoms with E-state index in [0.717, 1.165) is 10.9 Å². The second-order valence-electron chi connectivity index (χ2n) is 3.55. The van der Waals surface area contributed by atoms with Crippen molar-refractivity contribution >= 4 is 33.4 Å². The molecule has 1 rings (SSSR count). The molecule has 5 heteroatoms. The van der Waals surface area contributed by atoms with Crippen LogP contribution in [-0.2, 0) is 9.59 Å². The van der Waals surface area contributed by atoms with Crippen LogP contribution in [0.15, 0.2) is 28.7 Å². The SMILES string of the molecule is CCCNC(=O)CC(=O)Nc1ccccc1Br. The third-order valence-electron chi connectivity index (χ3n) is 2.04. The van der Waals surface area contributed by atoms with Crippen LogP contribution in [0.5, 0.6) is 0 Å². The highest BCUT2D eigenvalue weighted by molar-refractivity contribution is 9.10. The van der Waals surface area contributed by atoms with Crippen LogP contribution in [0, 0.1) is 0 Å². The lowest BCUT2D eigenvalue weighted by Crippen LogP contribution is -2.28. The fourth-order valence-electron chi connectivity index (χ4n) is 1.23. The number of halogens is 1. The summed E-state index contributed by atoms with van der Waals surface area (Å²) in [4.78, 5) is 22.8. The zero-order valence-corrected chi connectivity index (χ0v) is 11.2. The van der Waals surface area contributed by atoms with E-state index in [1.165, 1.54) is 0 Å². The van der Waals surface area contributed by atoms with Gasteiger partial charge in [0.1, 0.15) is 6.42 Å². The van der Waals surface area contributed by atoms with Crippen LogP contribution in [0.25, 0.3) is 0 Å². The molecule has 0 aliphatic carbocycles. The summed E-state index contributed by atoms with van der Waals surface area (Å²) in [5.41, 5.74) is 0.667. The minimum Gasteiger partial charge on any atom is -0.356 e. The van der Waals surface area contributed by atoms with E-state index in [-0.39, 0.29) is 18.2 Å². The van der Waals surface area contributed by atoms with E-state index in [4.69, 9.17) is 0 Å². The number of nitrogens with one attached hydrogen (secondary N) is 2. The molecule has 2 amide bonds. The van der Waals surface area contributed by atoms with Crippen molar-refractivity contribution in [3.8, 4) is 0 Å². The number of hydrogen-bond donors (Lipinski definition) is 2. The third-order valence-corrected chi connectivity index (χ3v) is 2.73. The van der Waals surface area contributed by atoms with E-state index in [2.05, 4.69) is 26.6 Å². The van der Waals surface area contributed by atoms with E-state index in [0.29, 0.717) is 12.2 Å². The molecule has 1 aromatic carbocycles. The number of anilines is 1. The first-order chi connectivity index (χ1) is 8.13. The van der Waals surface area contributed by atoms with Crippen molar-refractivity contribution in [3.05, 3.63) is 28.7 Å². The summed E-state index contributed by atoms with van der Waals surface area (Å²) in [7, 11) is 0. The van der Waals surface area contributed by atoms with Crippen molar-refractivity contribution in [2.24, 2.45) is 0 Å². The summed E-state index contributed by atoms with van der Waals surface area (Å²) in [5.74, 6) is -0.568. The standard InChI is InChI=1S/C12H15BrN2O2/c1-2-7-14-11(16)8-12(17)15-10-6-4-3-5-9(10)13/h3-6H,2,7-8H2,1H3,(H,14,16)(H,15,17). The van der Waals surface area contributed by atoms with Crippen LogP contribution in [0.1, 0.15) is 19.8 Å². The summed E-state index contributed by atoms with van der Waals surface area (Å²) in [5, 5.41) is 5.32. The molecule has 0 aliphatic rings. The molecule has 1 aromatic rings. The monoisotopic (exact) mass is 298 g/mol. The molecular weight excluding hydrogens is 284 g/mol. The van der Waals surface area contributed by atoms with Gasteiger partial charge in [0.25, 0.3) is 0 Å². The Bertz CT molecular complexity index is 407. The van der Waals surface area contributed by atoms with E-state index in [1.807, 2.05) is 25.1 Å². The van der Waals surface area contributed by atoms with E-state index in [9.17, 15) is 9.59 Å². The van der Waals surface area contributed by atoms with Gasteiger partial charge in [0.05, 0.1) is 5.69 Å². The molecular formula is C12H15BrN2O2. The summed E-state index contributed by atoms with van der Waals surface area (Å²) in [6.45, 7) is 2.56. The number of benzene rings is 1. The molecule has 0 bridgehead atoms. The second kappa shape index (κ2) is 7.06. The molecule has 0 aliphatic heterocycles. The first-order valence-corrected chi connectivity index (χ1v) is 6.24. The highest BCUT2D eigenvalue weighted by Crippen LogP contribution is 2.21. The zero-order valence-electron chi connectivity index (χ0n) is 9.63. The molecule has 0 atom stereocenters. The molecule has 4 nitrogen and oxygen atoms in total. The van der Waals surface area contributed by atoms with Crippen molar-refractivity contribution in [1.29, 1.82) is 0 Å². The first-order valence-electron chi connectivity index (χ1n) is 5.44. The molecule has 2 N–H and O–H groups in total. The zero-order chi connectivity index (χ0) is 12.7. The third kappa shape index (κ3) is 4.99. The number of hydrogen-bond acceptors (Lipinski definition) is 2. The summed E-state index contributed by atoms with van der Waals surface area (Å²) < 4.78 is 0.794. The Balaban J connectivity index is 2.45. The Hall–Kier alpha value is -1.36. The molecule has 0 fully saturated rings. The molecule has 0 heterocycles. The molecule has 92 valence electrons. The van der Waals surface area contributed by atoms with Gasteiger partial charge in [-0.3, -0.25) is 9.59 Å². The molecule has 0 saturated heterocycles. The van der Waals surface area contributed by atoms with Crippen molar-refractivity contribution < 1.29 is 9.59 Å². The Kier molecular flexibility index (Phi) is 5.69. The largest absolute Gasteiger partial charge is 0.356 e. The number of carbonyl (C=O) groups is 2. The van der Waals surface area contributed by atoms with Gasteiger partial charge < -0.3 is 10.6 Å². The lowest BCUT2D eigenvalue weighted by atomic mass is 10.3. The maximum absolute atomic E-state index is 11.5. The van der Waals surface area contributed by atoms with Gasteiger partial charge in [0.2, 0.25) is 11.8 Å². The first kappa shape index (κ1) is 13.7. The minimum absolute atomic E-state index is 0.151. The number of amides is 2. The Labute approximate surface area is 109 Å². The molecule has 0 spiro atoms. The summed E-state index contributed by atoms with van der Waals surface area (Å²) >= 11 is 3.32. The Morgan fingerprint density at radius 1 is 1.24 bits per heavy atom. The van der Waals surface area contributed by atoms with E-state index < -0.39 is 0 Å². The van der Waals surface area contributed by atoms with E-state index >= 15 is 0 Å². The molecule has 0 radical (unpaired) electrons. The van der Waals surface area contributed by atoms with Crippen molar-refractivity contribution in [2.45, 2.75) is 19.8 Å². The van der Waals surface area contributed by atoms with Crippen molar-refractivity contribution in [1.82, 2.24) is 5.32 Å². The lowest BCUT2D eigenvalue weighted by molar-refractivity contribution is -0.126. The van der Waals surface area contributed by atoms with Crippen LogP contribution in [0.2, 0.25) is 0 Å². The van der Waals surface area contributed by atoms with Crippen LogP contribution < -0.4 is 10.6 Å². The second-order valence-corrected chi connectivity index (χ2v) is 4.41. The molecule has 0 unspecified atom stereocenters. The van der Waals surface area contributed by atoms with Gasteiger partial charge in [-0.05, 0) is 34.5 Å². The van der Waals surface area contributed by atoms with Gasteiger partial charge in [-0.25, -0.2) is 0 Å². The number of carbonyl (C=O) groups excluding carboxylic acids is 2. The van der Waals surface area contributed by atoms with Crippen LogP contribution in [0.3, 0.4) is 0 Å². The number of para-hydroxylation sites is 1. The maximum Gasteiger partial charge on any atom is 0.233 e. The van der Waals surface area contributed by atoms with Crippen LogP contribution in [0.4, 0.5) is 5.69 Å². The minimum atomic E-state index is -0.314. The molecule has 0 saturated carbocycles. The highest BCUT2D eigenvalue weighted by atomic mass is 79.9. The molecule has 0 aromatic heterocycles. The van der Waals surface area contributed by atoms with Gasteiger partial charge in [0.15, 0.2) is 0 Å². The average Bonchev–Trinajstić information content (AvgIpc) is 2.29. The van der Waals surface area contributed by atoms with Crippen molar-refractivity contribution in [3.63, 3.8) is 0 Å². The van der Waals surface area contributed by atoms with E-state index in [1.54, 1.807) is 6.07 Å². The van der Waals surface area contributed by atoms with Gasteiger partial charge >= 0.3 is 0 Å². The van der Waals surface area contributed by atoms with Crippen LogP contribution >= 0.6 is 15.9 Å². The molecule has 17 heavy (non-hydrogen) atoms. The highest BCUT2D eigenvalue weighted by Gasteiger charge is 2.09. The average molecular weight is 299 g/mol. The maximum atomic E-state index is 11.5. The van der Waals surface area contributed by atoms with Crippen LogP contribution in [-0.4, -0.2) is 18.4 Å². The quantitative estimate of drug-likeness (QED) is 0.820. The van der Waals surface area contributed by atoms with Gasteiger partial charge in [-0.1, -0.05) is 19.1 Å². The summed E-state index contributed by atoms with van der Waals surface area (Å²) in [6.07, 6.45) is 0.707. The lowest BCUT2D eigenvalue weighted by Gasteiger charge is -2.07. The topological polar surface area (TPSA) is 58.2 Å². The predicted octanol–water partition coefficient (Wildman–Crippen LogP) is 2.30. The Morgan fingerprint density at radius 3 is 2.59 bits per heavy atom. The van der Waals surface area contributed by atoms with Gasteiger partial charge in [0, 0.05) is 11.0 Å². The normalized spacial score (nSPS) is 9.76. The summed E-state index contributed by atoms with van der Waals surface area (Å²) in [6, 6.07) is 7.27. The van der Waals surface area contributed by atoms with Gasteiger partial charge in [-0.15, -0.1) is 0 Å². The smallest absolute Gasteiger partial charge is 0.233 e. The number of rotatable bonds is 5.